The average Bonchev–Trinajstić information content (AvgIpc) is 3.01. The minimum Gasteiger partial charge on any atom is -0.388 e. The Balaban J connectivity index is 1.56. The molecule has 0 aromatic heterocycles. The predicted octanol–water partition coefficient (Wildman–Crippen LogP) is 1.55. The predicted molar refractivity (Wildman–Crippen MR) is 88.3 cm³/mol. The van der Waals surface area contributed by atoms with Crippen LogP contribution in [-0.4, -0.2) is 54.4 Å². The third-order valence-corrected chi connectivity index (χ3v) is 4.81. The Hall–Kier alpha value is -1.43. The second kappa shape index (κ2) is 7.43. The van der Waals surface area contributed by atoms with Crippen LogP contribution in [0, 0.1) is 0 Å². The first kappa shape index (κ1) is 16.4. The van der Waals surface area contributed by atoms with Crippen LogP contribution in [0.4, 0.5) is 0 Å². The molecule has 1 aromatic carbocycles. The molecule has 0 radical (unpaired) electrons. The first-order chi connectivity index (χ1) is 11.1. The fourth-order valence-electron chi connectivity index (χ4n) is 3.39. The third-order valence-electron chi connectivity index (χ3n) is 4.81. The number of carbonyl (C=O) groups excluding carboxylic acids is 1. The maximum atomic E-state index is 12.3. The van der Waals surface area contributed by atoms with E-state index < -0.39 is 5.60 Å². The highest BCUT2D eigenvalue weighted by Crippen LogP contribution is 2.28. The van der Waals surface area contributed by atoms with Gasteiger partial charge in [0, 0.05) is 31.7 Å². The van der Waals surface area contributed by atoms with Gasteiger partial charge in [-0.15, -0.1) is 0 Å². The number of nitrogens with one attached hydrogen (secondary N) is 1. The minimum absolute atomic E-state index is 0.103. The lowest BCUT2D eigenvalue weighted by Crippen LogP contribution is -2.40. The summed E-state index contributed by atoms with van der Waals surface area (Å²) in [6.07, 6.45) is 3.65. The molecule has 1 saturated carbocycles. The van der Waals surface area contributed by atoms with Gasteiger partial charge >= 0.3 is 0 Å². The summed E-state index contributed by atoms with van der Waals surface area (Å²) < 4.78 is 5.36. The highest BCUT2D eigenvalue weighted by molar-refractivity contribution is 5.94. The Morgan fingerprint density at radius 1 is 1.26 bits per heavy atom. The van der Waals surface area contributed by atoms with Gasteiger partial charge in [-0.1, -0.05) is 25.0 Å². The molecule has 1 amide bonds. The van der Waals surface area contributed by atoms with Crippen molar-refractivity contribution < 1.29 is 14.6 Å². The third kappa shape index (κ3) is 4.53. The molecule has 126 valence electrons. The van der Waals surface area contributed by atoms with Crippen LogP contribution in [0.25, 0.3) is 0 Å². The molecule has 0 unspecified atom stereocenters. The van der Waals surface area contributed by atoms with Crippen LogP contribution >= 0.6 is 0 Å². The van der Waals surface area contributed by atoms with E-state index in [9.17, 15) is 9.90 Å². The molecule has 1 saturated heterocycles. The molecule has 0 spiro atoms. The van der Waals surface area contributed by atoms with E-state index in [1.54, 1.807) is 0 Å². The minimum atomic E-state index is -0.707. The van der Waals surface area contributed by atoms with Crippen LogP contribution in [0.1, 0.15) is 41.6 Å². The molecule has 2 N–H and O–H groups in total. The summed E-state index contributed by atoms with van der Waals surface area (Å²) in [4.78, 5) is 14.7. The fourth-order valence-corrected chi connectivity index (χ4v) is 3.39. The molecule has 1 heterocycles. The van der Waals surface area contributed by atoms with E-state index in [-0.39, 0.29) is 5.91 Å². The Bertz CT molecular complexity index is 535. The molecule has 0 bridgehead atoms. The van der Waals surface area contributed by atoms with Gasteiger partial charge in [0.2, 0.25) is 0 Å². The normalized spacial score (nSPS) is 21.3. The standard InChI is InChI=1S/C18H26N2O3/c21-17(19-14-18(22)6-1-2-7-18)16-5-3-4-15(12-16)13-20-8-10-23-11-9-20/h3-5,12,22H,1-2,6-11,13-14H2,(H,19,21). The molecule has 0 atom stereocenters. The van der Waals surface area contributed by atoms with Crippen molar-refractivity contribution in [1.29, 1.82) is 0 Å². The first-order valence-corrected chi connectivity index (χ1v) is 8.54. The molecule has 2 fully saturated rings. The summed E-state index contributed by atoms with van der Waals surface area (Å²) in [6, 6.07) is 7.76. The highest BCUT2D eigenvalue weighted by Gasteiger charge is 2.31. The number of nitrogens with zero attached hydrogens (tertiary/aromatic N) is 1. The molecule has 1 aromatic rings. The molecule has 1 aliphatic carbocycles. The second-order valence-corrected chi connectivity index (χ2v) is 6.70. The van der Waals surface area contributed by atoms with E-state index in [0.29, 0.717) is 12.1 Å². The van der Waals surface area contributed by atoms with Gasteiger partial charge in [0.15, 0.2) is 0 Å². The van der Waals surface area contributed by atoms with Crippen molar-refractivity contribution in [2.75, 3.05) is 32.8 Å². The number of morpholine rings is 1. The Kier molecular flexibility index (Phi) is 5.30. The van der Waals surface area contributed by atoms with Gasteiger partial charge in [0.25, 0.3) is 5.91 Å². The molecule has 5 nitrogen and oxygen atoms in total. The van der Waals surface area contributed by atoms with Gasteiger partial charge in [-0.05, 0) is 30.5 Å². The van der Waals surface area contributed by atoms with Crippen molar-refractivity contribution >= 4 is 5.91 Å². The lowest BCUT2D eigenvalue weighted by atomic mass is 10.0. The van der Waals surface area contributed by atoms with Crippen LogP contribution in [0.3, 0.4) is 0 Å². The van der Waals surface area contributed by atoms with Crippen LogP contribution < -0.4 is 5.32 Å². The van der Waals surface area contributed by atoms with Crippen LogP contribution in [0.2, 0.25) is 0 Å². The van der Waals surface area contributed by atoms with Crippen molar-refractivity contribution in [1.82, 2.24) is 10.2 Å². The summed E-state index contributed by atoms with van der Waals surface area (Å²) >= 11 is 0. The van der Waals surface area contributed by atoms with Gasteiger partial charge in [0.1, 0.15) is 0 Å². The fraction of sp³-hybridized carbons (Fsp3) is 0.611. The van der Waals surface area contributed by atoms with Crippen molar-refractivity contribution in [3.8, 4) is 0 Å². The van der Waals surface area contributed by atoms with Gasteiger partial charge in [-0.25, -0.2) is 0 Å². The Labute approximate surface area is 137 Å². The largest absolute Gasteiger partial charge is 0.388 e. The number of amides is 1. The number of ether oxygens (including phenoxy) is 1. The zero-order valence-corrected chi connectivity index (χ0v) is 13.6. The summed E-state index contributed by atoms with van der Waals surface area (Å²) in [5.41, 5.74) is 1.10. The van der Waals surface area contributed by atoms with Crippen LogP contribution in [0.5, 0.6) is 0 Å². The summed E-state index contributed by atoms with van der Waals surface area (Å²) in [5, 5.41) is 13.2. The maximum absolute atomic E-state index is 12.3. The Morgan fingerprint density at radius 2 is 2.00 bits per heavy atom. The number of hydrogen-bond acceptors (Lipinski definition) is 4. The molecular formula is C18H26N2O3. The van der Waals surface area contributed by atoms with Crippen LogP contribution in [0.15, 0.2) is 24.3 Å². The van der Waals surface area contributed by atoms with Gasteiger partial charge in [0.05, 0.1) is 18.8 Å². The zero-order chi connectivity index (χ0) is 16.1. The van der Waals surface area contributed by atoms with E-state index in [1.807, 2.05) is 18.2 Å². The lowest BCUT2D eigenvalue weighted by Gasteiger charge is -2.26. The molecule has 3 rings (SSSR count). The second-order valence-electron chi connectivity index (χ2n) is 6.70. The lowest BCUT2D eigenvalue weighted by molar-refractivity contribution is 0.0341. The quantitative estimate of drug-likeness (QED) is 0.865. The smallest absolute Gasteiger partial charge is 0.251 e. The topological polar surface area (TPSA) is 61.8 Å². The van der Waals surface area contributed by atoms with Crippen molar-refractivity contribution in [3.05, 3.63) is 35.4 Å². The summed E-state index contributed by atoms with van der Waals surface area (Å²) in [7, 11) is 0. The van der Waals surface area contributed by atoms with E-state index in [2.05, 4.69) is 16.3 Å². The van der Waals surface area contributed by atoms with Gasteiger partial charge < -0.3 is 15.2 Å². The van der Waals surface area contributed by atoms with Crippen molar-refractivity contribution in [3.63, 3.8) is 0 Å². The number of benzene rings is 1. The molecule has 23 heavy (non-hydrogen) atoms. The molecular weight excluding hydrogens is 292 g/mol. The number of rotatable bonds is 5. The number of aliphatic hydroxyl groups is 1. The summed E-state index contributed by atoms with van der Waals surface area (Å²) in [6.45, 7) is 4.61. The van der Waals surface area contributed by atoms with Gasteiger partial charge in [-0.3, -0.25) is 9.69 Å². The van der Waals surface area contributed by atoms with E-state index in [0.717, 1.165) is 64.1 Å². The maximum Gasteiger partial charge on any atom is 0.251 e. The van der Waals surface area contributed by atoms with Gasteiger partial charge in [-0.2, -0.15) is 0 Å². The molecule has 1 aliphatic heterocycles. The van der Waals surface area contributed by atoms with E-state index in [4.69, 9.17) is 4.74 Å². The van der Waals surface area contributed by atoms with Crippen LogP contribution in [-0.2, 0) is 11.3 Å². The number of carbonyl (C=O) groups is 1. The highest BCUT2D eigenvalue weighted by atomic mass is 16.5. The monoisotopic (exact) mass is 318 g/mol. The Morgan fingerprint density at radius 3 is 2.74 bits per heavy atom. The van der Waals surface area contributed by atoms with E-state index in [1.165, 1.54) is 0 Å². The number of hydrogen-bond donors (Lipinski definition) is 2. The zero-order valence-electron chi connectivity index (χ0n) is 13.6. The first-order valence-electron chi connectivity index (χ1n) is 8.54. The SMILES string of the molecule is O=C(NCC1(O)CCCC1)c1cccc(CN2CCOCC2)c1. The van der Waals surface area contributed by atoms with Crippen molar-refractivity contribution in [2.24, 2.45) is 0 Å². The molecule has 2 aliphatic rings. The average molecular weight is 318 g/mol. The van der Waals surface area contributed by atoms with E-state index >= 15 is 0 Å². The summed E-state index contributed by atoms with van der Waals surface area (Å²) in [5.74, 6) is -0.103. The molecule has 5 heteroatoms. The van der Waals surface area contributed by atoms with Crippen molar-refractivity contribution in [2.45, 2.75) is 37.8 Å².